The number of hydrogen-bond donors (Lipinski definition) is 2. The van der Waals surface area contributed by atoms with Gasteiger partial charge in [0.1, 0.15) is 5.84 Å². The molecular formula is C13H16F3N3S. The first-order chi connectivity index (χ1) is 9.30. The van der Waals surface area contributed by atoms with Crippen LogP contribution in [0.3, 0.4) is 0 Å². The van der Waals surface area contributed by atoms with Crippen molar-refractivity contribution in [3.8, 4) is 0 Å². The molecule has 1 aromatic carbocycles. The van der Waals surface area contributed by atoms with E-state index in [1.165, 1.54) is 6.07 Å². The molecule has 7 heteroatoms. The molecule has 0 saturated carbocycles. The minimum Gasteiger partial charge on any atom is -0.384 e. The summed E-state index contributed by atoms with van der Waals surface area (Å²) in [4.78, 5) is 1.87. The topological polar surface area (TPSA) is 53.1 Å². The highest BCUT2D eigenvalue weighted by molar-refractivity contribution is 7.99. The highest BCUT2D eigenvalue weighted by Gasteiger charge is 2.35. The Bertz CT molecular complexity index is 510. The summed E-state index contributed by atoms with van der Waals surface area (Å²) in [6.07, 6.45) is -3.54. The van der Waals surface area contributed by atoms with Crippen LogP contribution < -0.4 is 10.6 Å². The molecule has 0 aliphatic carbocycles. The van der Waals surface area contributed by atoms with Gasteiger partial charge < -0.3 is 10.6 Å². The number of benzene rings is 1. The predicted molar refractivity (Wildman–Crippen MR) is 76.6 cm³/mol. The lowest BCUT2D eigenvalue weighted by Crippen LogP contribution is -2.31. The smallest absolute Gasteiger partial charge is 0.384 e. The number of nitrogens with zero attached hydrogens (tertiary/aromatic N) is 1. The Morgan fingerprint density at radius 1 is 1.45 bits per heavy atom. The van der Waals surface area contributed by atoms with E-state index in [0.717, 1.165) is 24.0 Å². The van der Waals surface area contributed by atoms with Gasteiger partial charge in [-0.25, -0.2) is 0 Å². The zero-order valence-electron chi connectivity index (χ0n) is 11.0. The lowest BCUT2D eigenvalue weighted by atomic mass is 10.0. The fraction of sp³-hybridized carbons (Fsp3) is 0.462. The SMILES string of the molecule is CN(c1ccc(C(=N)N)c(C(F)(F)F)c1)C1CCSC1. The summed E-state index contributed by atoms with van der Waals surface area (Å²) in [5.74, 6) is 1.39. The molecule has 0 amide bonds. The first-order valence-electron chi connectivity index (χ1n) is 6.17. The molecule has 0 spiro atoms. The molecule has 1 heterocycles. The lowest BCUT2D eigenvalue weighted by molar-refractivity contribution is -0.137. The quantitative estimate of drug-likeness (QED) is 0.667. The molecule has 0 radical (unpaired) electrons. The molecule has 1 fully saturated rings. The number of thioether (sulfide) groups is 1. The Kier molecular flexibility index (Phi) is 4.17. The first-order valence-corrected chi connectivity index (χ1v) is 7.32. The Labute approximate surface area is 119 Å². The zero-order chi connectivity index (χ0) is 14.9. The summed E-state index contributed by atoms with van der Waals surface area (Å²) in [7, 11) is 1.81. The highest BCUT2D eigenvalue weighted by atomic mass is 32.2. The van der Waals surface area contributed by atoms with Crippen LogP contribution in [-0.2, 0) is 6.18 Å². The third-order valence-corrected chi connectivity index (χ3v) is 4.60. The number of rotatable bonds is 3. The van der Waals surface area contributed by atoms with Gasteiger partial charge in [0.2, 0.25) is 0 Å². The van der Waals surface area contributed by atoms with Crippen LogP contribution in [0.2, 0.25) is 0 Å². The highest BCUT2D eigenvalue weighted by Crippen LogP contribution is 2.35. The van der Waals surface area contributed by atoms with E-state index in [2.05, 4.69) is 0 Å². The maximum absolute atomic E-state index is 13.1. The van der Waals surface area contributed by atoms with E-state index in [4.69, 9.17) is 11.1 Å². The minimum atomic E-state index is -4.51. The van der Waals surface area contributed by atoms with Crippen molar-refractivity contribution in [1.29, 1.82) is 5.41 Å². The summed E-state index contributed by atoms with van der Waals surface area (Å²) in [6.45, 7) is 0. The third-order valence-electron chi connectivity index (χ3n) is 3.46. The summed E-state index contributed by atoms with van der Waals surface area (Å²) in [5.41, 5.74) is 4.62. The number of nitrogen functional groups attached to an aromatic ring is 1. The molecule has 3 N–H and O–H groups in total. The second kappa shape index (κ2) is 5.55. The van der Waals surface area contributed by atoms with Gasteiger partial charge in [-0.1, -0.05) is 0 Å². The van der Waals surface area contributed by atoms with Crippen molar-refractivity contribution in [3.05, 3.63) is 29.3 Å². The maximum atomic E-state index is 13.1. The number of alkyl halides is 3. The van der Waals surface area contributed by atoms with E-state index >= 15 is 0 Å². The number of amidine groups is 1. The number of halogens is 3. The largest absolute Gasteiger partial charge is 0.417 e. The molecule has 2 rings (SSSR count). The van der Waals surface area contributed by atoms with E-state index < -0.39 is 17.6 Å². The van der Waals surface area contributed by atoms with Crippen LogP contribution >= 0.6 is 11.8 Å². The van der Waals surface area contributed by atoms with Crippen LogP contribution in [0.4, 0.5) is 18.9 Å². The molecule has 0 bridgehead atoms. The van der Waals surface area contributed by atoms with Gasteiger partial charge in [-0.05, 0) is 30.4 Å². The summed E-state index contributed by atoms with van der Waals surface area (Å²) >= 11 is 1.80. The second-order valence-electron chi connectivity index (χ2n) is 4.77. The van der Waals surface area contributed by atoms with Crippen LogP contribution in [0.1, 0.15) is 17.5 Å². The second-order valence-corrected chi connectivity index (χ2v) is 5.92. The molecule has 3 nitrogen and oxygen atoms in total. The Morgan fingerprint density at radius 3 is 2.65 bits per heavy atom. The standard InChI is InChI=1S/C13H16F3N3S/c1-19(9-4-5-20-7-9)8-2-3-10(12(17)18)11(6-8)13(14,15)16/h2-3,6,9H,4-5,7H2,1H3,(H3,17,18). The molecule has 1 aliphatic rings. The Morgan fingerprint density at radius 2 is 2.15 bits per heavy atom. The van der Waals surface area contributed by atoms with Crippen LogP contribution in [-0.4, -0.2) is 30.4 Å². The fourth-order valence-corrected chi connectivity index (χ4v) is 3.53. The molecule has 1 atom stereocenters. The van der Waals surface area contributed by atoms with Crippen LogP contribution in [0, 0.1) is 5.41 Å². The van der Waals surface area contributed by atoms with Crippen molar-refractivity contribution in [3.63, 3.8) is 0 Å². The van der Waals surface area contributed by atoms with Crippen LogP contribution in [0.15, 0.2) is 18.2 Å². The van der Waals surface area contributed by atoms with Gasteiger partial charge in [-0.2, -0.15) is 24.9 Å². The number of nitrogens with two attached hydrogens (primary N) is 1. The van der Waals surface area contributed by atoms with Crippen molar-refractivity contribution in [2.75, 3.05) is 23.5 Å². The first kappa shape index (κ1) is 15.0. The average Bonchev–Trinajstić information content (AvgIpc) is 2.89. The third kappa shape index (κ3) is 3.03. The number of nitrogens with one attached hydrogen (secondary N) is 1. The van der Waals surface area contributed by atoms with Crippen LogP contribution in [0.25, 0.3) is 0 Å². The number of anilines is 1. The van der Waals surface area contributed by atoms with Crippen molar-refractivity contribution in [2.45, 2.75) is 18.6 Å². The summed E-state index contributed by atoms with van der Waals surface area (Å²) < 4.78 is 39.2. The fourth-order valence-electron chi connectivity index (χ4n) is 2.26. The van der Waals surface area contributed by atoms with E-state index in [-0.39, 0.29) is 11.6 Å². The van der Waals surface area contributed by atoms with Gasteiger partial charge in [-0.15, -0.1) is 0 Å². The van der Waals surface area contributed by atoms with Gasteiger partial charge in [-0.3, -0.25) is 5.41 Å². The maximum Gasteiger partial charge on any atom is 0.417 e. The van der Waals surface area contributed by atoms with Gasteiger partial charge in [0, 0.05) is 30.1 Å². The van der Waals surface area contributed by atoms with Gasteiger partial charge in [0.15, 0.2) is 0 Å². The molecule has 1 aliphatic heterocycles. The number of hydrogen-bond acceptors (Lipinski definition) is 3. The molecule has 1 saturated heterocycles. The van der Waals surface area contributed by atoms with E-state index in [0.29, 0.717) is 5.69 Å². The Balaban J connectivity index is 2.38. The average molecular weight is 303 g/mol. The molecule has 1 unspecified atom stereocenters. The van der Waals surface area contributed by atoms with E-state index in [9.17, 15) is 13.2 Å². The zero-order valence-corrected chi connectivity index (χ0v) is 11.8. The lowest BCUT2D eigenvalue weighted by Gasteiger charge is -2.27. The predicted octanol–water partition coefficient (Wildman–Crippen LogP) is 2.93. The molecule has 110 valence electrons. The Hall–Kier alpha value is -1.37. The molecule has 0 aromatic heterocycles. The van der Waals surface area contributed by atoms with Crippen molar-refractivity contribution >= 4 is 23.3 Å². The van der Waals surface area contributed by atoms with Crippen LogP contribution in [0.5, 0.6) is 0 Å². The molecular weight excluding hydrogens is 287 g/mol. The molecule has 1 aromatic rings. The minimum absolute atomic E-state index is 0.254. The van der Waals surface area contributed by atoms with Gasteiger partial charge in [0.05, 0.1) is 5.56 Å². The molecule has 20 heavy (non-hydrogen) atoms. The van der Waals surface area contributed by atoms with Gasteiger partial charge in [0.25, 0.3) is 0 Å². The monoisotopic (exact) mass is 303 g/mol. The normalized spacial score (nSPS) is 19.1. The van der Waals surface area contributed by atoms with Crippen molar-refractivity contribution in [1.82, 2.24) is 0 Å². The summed E-state index contributed by atoms with van der Waals surface area (Å²) in [5, 5.41) is 7.26. The van der Waals surface area contributed by atoms with E-state index in [1.54, 1.807) is 24.9 Å². The van der Waals surface area contributed by atoms with Crippen molar-refractivity contribution < 1.29 is 13.2 Å². The van der Waals surface area contributed by atoms with Crippen molar-refractivity contribution in [2.24, 2.45) is 5.73 Å². The van der Waals surface area contributed by atoms with E-state index in [1.807, 2.05) is 4.90 Å². The van der Waals surface area contributed by atoms with Gasteiger partial charge >= 0.3 is 6.18 Å². The summed E-state index contributed by atoms with van der Waals surface area (Å²) in [6, 6.07) is 4.21.